The number of ketones is 1. The highest BCUT2D eigenvalue weighted by Gasteiger charge is 2.18. The number of hydrogen-bond acceptors (Lipinski definition) is 5. The van der Waals surface area contributed by atoms with Gasteiger partial charge < -0.3 is 14.5 Å². The summed E-state index contributed by atoms with van der Waals surface area (Å²) in [4.78, 5) is 27.1. The number of ether oxygens (including phenoxy) is 2. The number of carbonyl (C=O) groups is 1. The van der Waals surface area contributed by atoms with Crippen LogP contribution in [0.2, 0.25) is 0 Å². The minimum atomic E-state index is -0.483. The fourth-order valence-corrected chi connectivity index (χ4v) is 3.05. The summed E-state index contributed by atoms with van der Waals surface area (Å²) < 4.78 is 12.2. The van der Waals surface area contributed by atoms with Crippen molar-refractivity contribution in [1.82, 2.24) is 4.98 Å². The third kappa shape index (κ3) is 5.82. The number of benzene rings is 1. The van der Waals surface area contributed by atoms with Gasteiger partial charge in [0, 0.05) is 11.5 Å². The number of H-pyrrole nitrogens is 1. The summed E-state index contributed by atoms with van der Waals surface area (Å²) in [5.74, 6) is 1.65. The maximum atomic E-state index is 12.2. The molecule has 2 aromatic rings. The minimum Gasteiger partial charge on any atom is -0.493 e. The first-order valence-corrected chi connectivity index (χ1v) is 9.69. The van der Waals surface area contributed by atoms with E-state index in [9.17, 15) is 9.59 Å². The van der Waals surface area contributed by atoms with Crippen molar-refractivity contribution in [1.29, 1.82) is 0 Å². The van der Waals surface area contributed by atoms with Crippen LogP contribution in [0.3, 0.4) is 0 Å². The molecule has 0 saturated heterocycles. The van der Waals surface area contributed by atoms with Crippen molar-refractivity contribution in [3.8, 4) is 11.5 Å². The zero-order valence-electron chi connectivity index (χ0n) is 16.7. The Morgan fingerprint density at radius 1 is 1.26 bits per heavy atom. The van der Waals surface area contributed by atoms with E-state index in [1.165, 1.54) is 17.4 Å². The van der Waals surface area contributed by atoms with Gasteiger partial charge in [-0.15, -0.1) is 11.3 Å². The summed E-state index contributed by atoms with van der Waals surface area (Å²) in [5.41, 5.74) is 0.132. The van der Waals surface area contributed by atoms with E-state index in [2.05, 4.69) is 18.8 Å². The van der Waals surface area contributed by atoms with Crippen LogP contribution < -0.4 is 24.2 Å². The van der Waals surface area contributed by atoms with Gasteiger partial charge in [0.25, 0.3) is 5.56 Å². The van der Waals surface area contributed by atoms with Gasteiger partial charge in [-0.05, 0) is 29.7 Å². The topological polar surface area (TPSA) is 68.4 Å². The van der Waals surface area contributed by atoms with Gasteiger partial charge in [-0.25, -0.2) is 0 Å². The van der Waals surface area contributed by atoms with E-state index in [1.54, 1.807) is 13.2 Å². The molecule has 0 spiro atoms. The Bertz CT molecular complexity index is 977. The molecule has 0 aliphatic rings. The molecule has 2 rings (SSSR count). The molecule has 6 heteroatoms. The molecule has 27 heavy (non-hydrogen) atoms. The number of aromatic amines is 1. The predicted molar refractivity (Wildman–Crippen MR) is 110 cm³/mol. The second-order valence-electron chi connectivity index (χ2n) is 7.80. The molecule has 0 atom stereocenters. The summed E-state index contributed by atoms with van der Waals surface area (Å²) in [6.07, 6.45) is 3.28. The standard InChI is InChI=1S/C21H27NO4S/c1-13(2)12-26-16-9-14(7-8-15(16)25-6)10-17-20(24)22-19(27-17)11-18(23)21(3,4)5/h7-11,13H,12H2,1-6H3,(H,22,24)/b17-10-,19-11-. The fourth-order valence-electron chi connectivity index (χ4n) is 2.16. The van der Waals surface area contributed by atoms with Crippen LogP contribution >= 0.6 is 11.3 Å². The zero-order chi connectivity index (χ0) is 20.2. The van der Waals surface area contributed by atoms with Crippen molar-refractivity contribution in [2.45, 2.75) is 34.6 Å². The highest BCUT2D eigenvalue weighted by molar-refractivity contribution is 7.07. The Kier molecular flexibility index (Phi) is 6.65. The van der Waals surface area contributed by atoms with Gasteiger partial charge in [-0.1, -0.05) is 40.7 Å². The summed E-state index contributed by atoms with van der Waals surface area (Å²) in [6, 6.07) is 5.54. The third-order valence-corrected chi connectivity index (χ3v) is 4.70. The molecule has 0 aliphatic carbocycles. The van der Waals surface area contributed by atoms with Gasteiger partial charge in [-0.3, -0.25) is 9.59 Å². The second-order valence-corrected chi connectivity index (χ2v) is 8.89. The fraction of sp³-hybridized carbons (Fsp3) is 0.429. The second kappa shape index (κ2) is 8.57. The smallest absolute Gasteiger partial charge is 0.266 e. The molecular formula is C21H27NO4S. The maximum absolute atomic E-state index is 12.2. The van der Waals surface area contributed by atoms with Gasteiger partial charge in [0.15, 0.2) is 17.3 Å². The lowest BCUT2D eigenvalue weighted by atomic mass is 9.91. The number of aromatic nitrogens is 1. The lowest BCUT2D eigenvalue weighted by molar-refractivity contribution is -0.119. The van der Waals surface area contributed by atoms with Crippen molar-refractivity contribution in [3.63, 3.8) is 0 Å². The molecule has 0 bridgehead atoms. The summed E-state index contributed by atoms with van der Waals surface area (Å²) in [6.45, 7) is 10.3. The number of carbonyl (C=O) groups excluding carboxylic acids is 1. The van der Waals surface area contributed by atoms with Gasteiger partial charge in [0.1, 0.15) is 0 Å². The number of methoxy groups -OCH3 is 1. The molecule has 1 heterocycles. The van der Waals surface area contributed by atoms with Crippen LogP contribution in [-0.2, 0) is 4.79 Å². The Morgan fingerprint density at radius 3 is 2.56 bits per heavy atom. The van der Waals surface area contributed by atoms with Crippen molar-refractivity contribution in [2.75, 3.05) is 13.7 Å². The first kappa shape index (κ1) is 21.0. The Hall–Kier alpha value is -2.34. The highest BCUT2D eigenvalue weighted by atomic mass is 32.1. The van der Waals surface area contributed by atoms with E-state index in [1.807, 2.05) is 39.0 Å². The van der Waals surface area contributed by atoms with E-state index >= 15 is 0 Å². The summed E-state index contributed by atoms with van der Waals surface area (Å²) in [7, 11) is 1.60. The van der Waals surface area contributed by atoms with Gasteiger partial charge in [0.05, 0.1) is 22.9 Å². The van der Waals surface area contributed by atoms with Crippen molar-refractivity contribution in [2.24, 2.45) is 11.3 Å². The quantitative estimate of drug-likeness (QED) is 0.825. The van der Waals surface area contributed by atoms with E-state index in [4.69, 9.17) is 9.47 Å². The van der Waals surface area contributed by atoms with Crippen LogP contribution in [0.4, 0.5) is 0 Å². The largest absolute Gasteiger partial charge is 0.493 e. The molecule has 0 amide bonds. The molecule has 0 fully saturated rings. The lowest BCUT2D eigenvalue weighted by Gasteiger charge is -2.12. The molecule has 0 radical (unpaired) electrons. The Labute approximate surface area is 163 Å². The Balaban J connectivity index is 2.42. The molecule has 1 aromatic heterocycles. The van der Waals surface area contributed by atoms with Crippen LogP contribution in [0.15, 0.2) is 23.0 Å². The van der Waals surface area contributed by atoms with E-state index < -0.39 is 5.41 Å². The molecule has 5 nitrogen and oxygen atoms in total. The SMILES string of the molecule is COc1ccc(/C=c2\s/c(=C\C(=O)C(C)(C)C)[nH]c2=O)cc1OCC(C)C. The highest BCUT2D eigenvalue weighted by Crippen LogP contribution is 2.28. The normalized spacial score (nSPS) is 13.3. The van der Waals surface area contributed by atoms with Crippen LogP contribution in [-0.4, -0.2) is 24.5 Å². The monoisotopic (exact) mass is 389 g/mol. The predicted octanol–water partition coefficient (Wildman–Crippen LogP) is 2.70. The van der Waals surface area contributed by atoms with Crippen molar-refractivity contribution >= 4 is 29.3 Å². The number of rotatable bonds is 6. The molecule has 0 saturated carbocycles. The maximum Gasteiger partial charge on any atom is 0.266 e. The molecule has 146 valence electrons. The number of thiazole rings is 1. The van der Waals surface area contributed by atoms with E-state index in [0.717, 1.165) is 5.56 Å². The van der Waals surface area contributed by atoms with E-state index in [0.29, 0.717) is 33.2 Å². The third-order valence-electron chi connectivity index (χ3n) is 3.74. The van der Waals surface area contributed by atoms with E-state index in [-0.39, 0.29) is 11.3 Å². The molecule has 0 unspecified atom stereocenters. The molecule has 1 N–H and O–H groups in total. The summed E-state index contributed by atoms with van der Waals surface area (Å²) >= 11 is 1.26. The van der Waals surface area contributed by atoms with Crippen LogP contribution in [0, 0.1) is 11.3 Å². The molecule has 0 aliphatic heterocycles. The first-order chi connectivity index (χ1) is 12.6. The van der Waals surface area contributed by atoms with Crippen molar-refractivity contribution in [3.05, 3.63) is 43.3 Å². The van der Waals surface area contributed by atoms with Gasteiger partial charge in [0.2, 0.25) is 0 Å². The summed E-state index contributed by atoms with van der Waals surface area (Å²) in [5, 5.41) is 0. The van der Waals surface area contributed by atoms with Crippen LogP contribution in [0.25, 0.3) is 12.2 Å². The number of Topliss-reactive ketones (excluding diaryl/α,β-unsaturated/α-hetero) is 1. The minimum absolute atomic E-state index is 0.0274. The van der Waals surface area contributed by atoms with Crippen LogP contribution in [0.5, 0.6) is 11.5 Å². The number of nitrogens with one attached hydrogen (secondary N) is 1. The average Bonchev–Trinajstić information content (AvgIpc) is 2.91. The zero-order valence-corrected chi connectivity index (χ0v) is 17.5. The van der Waals surface area contributed by atoms with Gasteiger partial charge >= 0.3 is 0 Å². The van der Waals surface area contributed by atoms with Gasteiger partial charge in [-0.2, -0.15) is 0 Å². The van der Waals surface area contributed by atoms with Crippen molar-refractivity contribution < 1.29 is 14.3 Å². The first-order valence-electron chi connectivity index (χ1n) is 8.88. The lowest BCUT2D eigenvalue weighted by Crippen LogP contribution is -2.22. The molecule has 1 aromatic carbocycles. The number of hydrogen-bond donors (Lipinski definition) is 1. The molecular weight excluding hydrogens is 362 g/mol. The van der Waals surface area contributed by atoms with Crippen LogP contribution in [0.1, 0.15) is 40.2 Å². The Morgan fingerprint density at radius 2 is 1.96 bits per heavy atom. The average molecular weight is 390 g/mol.